The molecule has 3 aromatic rings. The molecule has 0 bridgehead atoms. The van der Waals surface area contributed by atoms with Gasteiger partial charge in [-0.1, -0.05) is 17.7 Å². The molecule has 3 heterocycles. The fourth-order valence-electron chi connectivity index (χ4n) is 3.79. The number of pyridine rings is 1. The number of carbonyl (C=O) groups excluding carboxylic acids is 2. The number of aromatic nitrogens is 2. The Labute approximate surface area is 230 Å². The van der Waals surface area contributed by atoms with Gasteiger partial charge in [-0.3, -0.25) is 10.1 Å². The number of amides is 2. The summed E-state index contributed by atoms with van der Waals surface area (Å²) in [4.78, 5) is 36.9. The van der Waals surface area contributed by atoms with Gasteiger partial charge < -0.3 is 14.5 Å². The minimum absolute atomic E-state index is 0.0454. The van der Waals surface area contributed by atoms with Crippen molar-refractivity contribution in [2.45, 2.75) is 32.5 Å². The SMILES string of the molecule is CC(C)(C)OC(=O)N1CCN(c2ncc(C(=O)Nc3nc(-c4cccc(C(F)(F)F)c4F)cs3)cc2Cl)CC1. The summed E-state index contributed by atoms with van der Waals surface area (Å²) in [5.74, 6) is -1.59. The summed E-state index contributed by atoms with van der Waals surface area (Å²) >= 11 is 7.34. The Morgan fingerprint density at radius 2 is 1.82 bits per heavy atom. The van der Waals surface area contributed by atoms with Gasteiger partial charge in [-0.25, -0.2) is 19.2 Å². The fraction of sp³-hybridized carbons (Fsp3) is 0.360. The number of carbonyl (C=O) groups is 2. The van der Waals surface area contributed by atoms with E-state index in [-0.39, 0.29) is 27.0 Å². The predicted molar refractivity (Wildman–Crippen MR) is 140 cm³/mol. The van der Waals surface area contributed by atoms with E-state index in [1.54, 1.807) is 25.7 Å². The number of hydrogen-bond acceptors (Lipinski definition) is 7. The number of nitrogens with zero attached hydrogens (tertiary/aromatic N) is 4. The molecule has 39 heavy (non-hydrogen) atoms. The Bertz CT molecular complexity index is 1380. The molecule has 1 fully saturated rings. The van der Waals surface area contributed by atoms with Crippen LogP contribution in [0, 0.1) is 5.82 Å². The van der Waals surface area contributed by atoms with Crippen molar-refractivity contribution in [3.63, 3.8) is 0 Å². The van der Waals surface area contributed by atoms with Crippen molar-refractivity contribution in [2.24, 2.45) is 0 Å². The van der Waals surface area contributed by atoms with Crippen LogP contribution in [0.1, 0.15) is 36.7 Å². The average molecular weight is 586 g/mol. The minimum atomic E-state index is -4.85. The van der Waals surface area contributed by atoms with Gasteiger partial charge in [0.25, 0.3) is 5.91 Å². The lowest BCUT2D eigenvalue weighted by atomic mass is 10.1. The summed E-state index contributed by atoms with van der Waals surface area (Å²) in [7, 11) is 0. The van der Waals surface area contributed by atoms with E-state index in [9.17, 15) is 27.2 Å². The Balaban J connectivity index is 1.40. The first-order valence-corrected chi connectivity index (χ1v) is 13.0. The zero-order chi connectivity index (χ0) is 28.5. The van der Waals surface area contributed by atoms with Gasteiger partial charge in [0.15, 0.2) is 5.13 Å². The second-order valence-electron chi connectivity index (χ2n) is 9.64. The summed E-state index contributed by atoms with van der Waals surface area (Å²) in [6, 6.07) is 4.35. The summed E-state index contributed by atoms with van der Waals surface area (Å²) < 4.78 is 59.0. The summed E-state index contributed by atoms with van der Waals surface area (Å²) in [5, 5.41) is 4.16. The molecule has 1 aromatic carbocycles. The first kappa shape index (κ1) is 28.6. The van der Waals surface area contributed by atoms with E-state index in [2.05, 4.69) is 15.3 Å². The van der Waals surface area contributed by atoms with Crippen LogP contribution in [0.25, 0.3) is 11.3 Å². The van der Waals surface area contributed by atoms with E-state index < -0.39 is 35.2 Å². The van der Waals surface area contributed by atoms with E-state index in [0.717, 1.165) is 17.4 Å². The van der Waals surface area contributed by atoms with Gasteiger partial charge in [-0.15, -0.1) is 11.3 Å². The van der Waals surface area contributed by atoms with Gasteiger partial charge in [-0.05, 0) is 39.0 Å². The van der Waals surface area contributed by atoms with E-state index in [0.29, 0.717) is 38.1 Å². The van der Waals surface area contributed by atoms with Crippen LogP contribution < -0.4 is 10.2 Å². The largest absolute Gasteiger partial charge is 0.444 e. The van der Waals surface area contributed by atoms with Crippen molar-refractivity contribution in [1.82, 2.24) is 14.9 Å². The van der Waals surface area contributed by atoms with Gasteiger partial charge in [0.2, 0.25) is 0 Å². The van der Waals surface area contributed by atoms with Crippen LogP contribution in [0.5, 0.6) is 0 Å². The number of hydrogen-bond donors (Lipinski definition) is 1. The van der Waals surface area contributed by atoms with Crippen LogP contribution in [0.3, 0.4) is 0 Å². The quantitative estimate of drug-likeness (QED) is 0.360. The van der Waals surface area contributed by atoms with Crippen LogP contribution in [-0.4, -0.2) is 58.6 Å². The number of rotatable bonds is 4. The first-order valence-electron chi connectivity index (χ1n) is 11.7. The molecule has 14 heteroatoms. The van der Waals surface area contributed by atoms with Crippen molar-refractivity contribution in [3.05, 3.63) is 57.8 Å². The van der Waals surface area contributed by atoms with Crippen molar-refractivity contribution in [2.75, 3.05) is 36.4 Å². The van der Waals surface area contributed by atoms with Crippen molar-refractivity contribution in [1.29, 1.82) is 0 Å². The van der Waals surface area contributed by atoms with Crippen LogP contribution in [-0.2, 0) is 10.9 Å². The number of thiazole rings is 1. The molecule has 0 radical (unpaired) electrons. The van der Waals surface area contributed by atoms with Crippen LogP contribution in [0.15, 0.2) is 35.8 Å². The average Bonchev–Trinajstić information content (AvgIpc) is 3.30. The van der Waals surface area contributed by atoms with Gasteiger partial charge in [-0.2, -0.15) is 13.2 Å². The van der Waals surface area contributed by atoms with Crippen molar-refractivity contribution < 1.29 is 31.9 Å². The smallest absolute Gasteiger partial charge is 0.419 e. The second kappa shape index (κ2) is 11.0. The highest BCUT2D eigenvalue weighted by molar-refractivity contribution is 7.14. The number of nitrogens with one attached hydrogen (secondary N) is 1. The molecule has 0 aliphatic carbocycles. The van der Waals surface area contributed by atoms with E-state index >= 15 is 0 Å². The molecule has 0 spiro atoms. The lowest BCUT2D eigenvalue weighted by molar-refractivity contribution is -0.139. The normalized spacial score (nSPS) is 14.4. The summed E-state index contributed by atoms with van der Waals surface area (Å²) in [6.45, 7) is 7.14. The van der Waals surface area contributed by atoms with Crippen LogP contribution in [0.2, 0.25) is 5.02 Å². The molecule has 4 rings (SSSR count). The molecule has 1 saturated heterocycles. The van der Waals surface area contributed by atoms with E-state index in [4.69, 9.17) is 16.3 Å². The molecule has 8 nitrogen and oxygen atoms in total. The summed E-state index contributed by atoms with van der Waals surface area (Å²) in [6.07, 6.45) is -3.91. The molecular weight excluding hydrogens is 562 g/mol. The third kappa shape index (κ3) is 6.77. The van der Waals surface area contributed by atoms with Crippen molar-refractivity contribution >= 4 is 45.9 Å². The molecule has 208 valence electrons. The summed E-state index contributed by atoms with van der Waals surface area (Å²) in [5.41, 5.74) is -2.24. The molecule has 1 aliphatic rings. The number of ether oxygens (including phenoxy) is 1. The zero-order valence-corrected chi connectivity index (χ0v) is 22.7. The minimum Gasteiger partial charge on any atom is -0.444 e. The lowest BCUT2D eigenvalue weighted by Gasteiger charge is -2.36. The Morgan fingerprint density at radius 3 is 2.44 bits per heavy atom. The van der Waals surface area contributed by atoms with Crippen molar-refractivity contribution in [3.8, 4) is 11.3 Å². The van der Waals surface area contributed by atoms with Gasteiger partial charge in [0.1, 0.15) is 17.2 Å². The maximum atomic E-state index is 14.5. The third-order valence-electron chi connectivity index (χ3n) is 5.62. The Hall–Kier alpha value is -3.45. The topological polar surface area (TPSA) is 87.7 Å². The van der Waals surface area contributed by atoms with Crippen LogP contribution in [0.4, 0.5) is 33.3 Å². The molecular formula is C25H24ClF4N5O3S. The first-order chi connectivity index (χ1) is 18.2. The standard InChI is InChI=1S/C25H24ClF4N5O3S/c1-24(2,3)38-23(37)35-9-7-34(8-10-35)20-17(26)11-14(12-31-20)21(36)33-22-32-18(13-39-22)15-5-4-6-16(19(15)27)25(28,29)30/h4-6,11-13H,7-10H2,1-3H3,(H,32,33,36). The maximum absolute atomic E-state index is 14.5. The zero-order valence-electron chi connectivity index (χ0n) is 21.1. The molecule has 0 saturated carbocycles. The monoisotopic (exact) mass is 585 g/mol. The molecule has 0 unspecified atom stereocenters. The Kier molecular flexibility index (Phi) is 8.03. The van der Waals surface area contributed by atoms with E-state index in [1.165, 1.54) is 23.7 Å². The molecule has 1 N–H and O–H groups in total. The number of alkyl halides is 3. The Morgan fingerprint density at radius 1 is 1.13 bits per heavy atom. The maximum Gasteiger partial charge on any atom is 0.419 e. The van der Waals surface area contributed by atoms with Gasteiger partial charge in [0, 0.05) is 43.3 Å². The molecule has 1 aliphatic heterocycles. The number of halogens is 5. The van der Waals surface area contributed by atoms with Gasteiger partial charge in [0.05, 0.1) is 21.8 Å². The molecule has 2 amide bonds. The molecule has 2 aromatic heterocycles. The second-order valence-corrected chi connectivity index (χ2v) is 10.9. The van der Waals surface area contributed by atoms with Crippen LogP contribution >= 0.6 is 22.9 Å². The predicted octanol–water partition coefficient (Wildman–Crippen LogP) is 6.33. The molecule has 0 atom stereocenters. The lowest BCUT2D eigenvalue weighted by Crippen LogP contribution is -2.50. The number of anilines is 2. The van der Waals surface area contributed by atoms with Gasteiger partial charge >= 0.3 is 12.3 Å². The van der Waals surface area contributed by atoms with E-state index in [1.807, 2.05) is 4.90 Å². The number of benzene rings is 1. The highest BCUT2D eigenvalue weighted by atomic mass is 35.5. The highest BCUT2D eigenvalue weighted by Crippen LogP contribution is 2.36. The fourth-order valence-corrected chi connectivity index (χ4v) is 4.78. The third-order valence-corrected chi connectivity index (χ3v) is 6.66. The highest BCUT2D eigenvalue weighted by Gasteiger charge is 2.35. The number of piperazine rings is 1.